The monoisotopic (exact) mass is 314 g/mol. The van der Waals surface area contributed by atoms with Crippen molar-refractivity contribution in [3.63, 3.8) is 0 Å². The third kappa shape index (κ3) is 6.26. The van der Waals surface area contributed by atoms with Crippen LogP contribution in [0.2, 0.25) is 0 Å². The van der Waals surface area contributed by atoms with E-state index < -0.39 is 30.4 Å². The van der Waals surface area contributed by atoms with Crippen LogP contribution in [0.3, 0.4) is 0 Å². The number of hydrogen-bond donors (Lipinski definition) is 1. The molecule has 0 saturated heterocycles. The molecule has 1 saturated carbocycles. The summed E-state index contributed by atoms with van der Waals surface area (Å²) in [6.45, 7) is 3.56. The minimum Gasteiger partial charge on any atom is -0.481 e. The Kier molecular flexibility index (Phi) is 7.59. The number of carbonyl (C=O) groups excluding carboxylic acids is 2. The van der Waals surface area contributed by atoms with E-state index in [1.807, 2.05) is 0 Å². The van der Waals surface area contributed by atoms with E-state index in [0.717, 1.165) is 25.7 Å². The summed E-state index contributed by atoms with van der Waals surface area (Å²) in [5.74, 6) is -2.73. The van der Waals surface area contributed by atoms with Crippen molar-refractivity contribution >= 4 is 17.9 Å². The first kappa shape index (κ1) is 18.2. The van der Waals surface area contributed by atoms with Gasteiger partial charge in [0.1, 0.15) is 6.10 Å². The molecule has 0 aromatic rings. The first-order valence-electron chi connectivity index (χ1n) is 7.24. The molecule has 1 fully saturated rings. The van der Waals surface area contributed by atoms with Crippen molar-refractivity contribution in [3.05, 3.63) is 12.2 Å². The highest BCUT2D eigenvalue weighted by Crippen LogP contribution is 2.22. The SMILES string of the molecule is C=C(CC(=O)O)C(=O)OC(CCOC)C(=O)OC1CCCC1. The summed E-state index contributed by atoms with van der Waals surface area (Å²) in [5, 5.41) is 8.63. The maximum atomic E-state index is 12.1. The molecule has 124 valence electrons. The Balaban J connectivity index is 2.57. The average Bonchev–Trinajstić information content (AvgIpc) is 2.95. The quantitative estimate of drug-likeness (QED) is 0.508. The van der Waals surface area contributed by atoms with Crippen LogP contribution in [0.1, 0.15) is 38.5 Å². The maximum Gasteiger partial charge on any atom is 0.347 e. The fourth-order valence-electron chi connectivity index (χ4n) is 2.16. The van der Waals surface area contributed by atoms with E-state index in [4.69, 9.17) is 19.3 Å². The molecule has 0 aromatic carbocycles. The van der Waals surface area contributed by atoms with Crippen LogP contribution in [0.15, 0.2) is 12.2 Å². The molecular weight excluding hydrogens is 292 g/mol. The van der Waals surface area contributed by atoms with Gasteiger partial charge in [0.2, 0.25) is 6.10 Å². The zero-order valence-corrected chi connectivity index (χ0v) is 12.7. The molecule has 0 spiro atoms. The van der Waals surface area contributed by atoms with Crippen molar-refractivity contribution in [2.75, 3.05) is 13.7 Å². The fourth-order valence-corrected chi connectivity index (χ4v) is 2.16. The van der Waals surface area contributed by atoms with Gasteiger partial charge in [-0.2, -0.15) is 0 Å². The Morgan fingerprint density at radius 3 is 2.45 bits per heavy atom. The molecule has 1 atom stereocenters. The summed E-state index contributed by atoms with van der Waals surface area (Å²) in [6, 6.07) is 0. The van der Waals surface area contributed by atoms with Gasteiger partial charge in [-0.1, -0.05) is 6.58 Å². The van der Waals surface area contributed by atoms with Crippen LogP contribution in [0.4, 0.5) is 0 Å². The van der Waals surface area contributed by atoms with Gasteiger partial charge in [0.25, 0.3) is 0 Å². The number of aliphatic carboxylic acids is 1. The van der Waals surface area contributed by atoms with Crippen LogP contribution in [-0.2, 0) is 28.6 Å². The van der Waals surface area contributed by atoms with Gasteiger partial charge in [0.05, 0.1) is 13.0 Å². The van der Waals surface area contributed by atoms with Crippen molar-refractivity contribution in [1.29, 1.82) is 0 Å². The molecule has 0 bridgehead atoms. The molecule has 7 heteroatoms. The van der Waals surface area contributed by atoms with E-state index >= 15 is 0 Å². The van der Waals surface area contributed by atoms with Crippen molar-refractivity contribution in [2.45, 2.75) is 50.7 Å². The van der Waals surface area contributed by atoms with Gasteiger partial charge in [0, 0.05) is 19.1 Å². The van der Waals surface area contributed by atoms with Gasteiger partial charge in [-0.3, -0.25) is 4.79 Å². The second-order valence-electron chi connectivity index (χ2n) is 5.19. The highest BCUT2D eigenvalue weighted by Gasteiger charge is 2.29. The highest BCUT2D eigenvalue weighted by atomic mass is 16.6. The lowest BCUT2D eigenvalue weighted by atomic mass is 10.2. The lowest BCUT2D eigenvalue weighted by Gasteiger charge is -2.19. The molecule has 1 aliphatic carbocycles. The zero-order valence-electron chi connectivity index (χ0n) is 12.7. The molecule has 22 heavy (non-hydrogen) atoms. The number of ether oxygens (including phenoxy) is 3. The number of esters is 2. The summed E-state index contributed by atoms with van der Waals surface area (Å²) in [7, 11) is 1.46. The van der Waals surface area contributed by atoms with Crippen LogP contribution in [0.25, 0.3) is 0 Å². The number of carboxylic acids is 1. The maximum absolute atomic E-state index is 12.1. The van der Waals surface area contributed by atoms with E-state index in [1.54, 1.807) is 0 Å². The van der Waals surface area contributed by atoms with Crippen molar-refractivity contribution in [1.82, 2.24) is 0 Å². The Morgan fingerprint density at radius 2 is 1.91 bits per heavy atom. The molecule has 0 aliphatic heterocycles. The minimum absolute atomic E-state index is 0.140. The molecule has 1 N–H and O–H groups in total. The predicted molar refractivity (Wildman–Crippen MR) is 76.1 cm³/mol. The van der Waals surface area contributed by atoms with Crippen LogP contribution in [-0.4, -0.2) is 48.9 Å². The molecule has 0 heterocycles. The Hall–Kier alpha value is -1.89. The summed E-state index contributed by atoms with van der Waals surface area (Å²) >= 11 is 0. The lowest BCUT2D eigenvalue weighted by Crippen LogP contribution is -2.33. The van der Waals surface area contributed by atoms with Crippen LogP contribution in [0, 0.1) is 0 Å². The smallest absolute Gasteiger partial charge is 0.347 e. The van der Waals surface area contributed by atoms with Crippen LogP contribution in [0.5, 0.6) is 0 Å². The summed E-state index contributed by atoms with van der Waals surface area (Å²) in [4.78, 5) is 34.4. The first-order valence-corrected chi connectivity index (χ1v) is 7.24. The standard InChI is InChI=1S/C15H22O7/c1-10(9-13(16)17)14(18)22-12(7-8-20-2)15(19)21-11-5-3-4-6-11/h11-12H,1,3-9H2,2H3,(H,16,17). The van der Waals surface area contributed by atoms with E-state index in [0.29, 0.717) is 0 Å². The molecule has 1 rings (SSSR count). The molecule has 0 amide bonds. The molecule has 0 radical (unpaired) electrons. The number of carboxylic acid groups (broad SMARTS) is 1. The second kappa shape index (κ2) is 9.19. The number of hydrogen-bond acceptors (Lipinski definition) is 6. The molecular formula is C15H22O7. The number of carbonyl (C=O) groups is 3. The van der Waals surface area contributed by atoms with E-state index in [2.05, 4.69) is 6.58 Å². The zero-order chi connectivity index (χ0) is 16.5. The fraction of sp³-hybridized carbons (Fsp3) is 0.667. The van der Waals surface area contributed by atoms with Gasteiger partial charge in [0.15, 0.2) is 0 Å². The van der Waals surface area contributed by atoms with Gasteiger partial charge < -0.3 is 19.3 Å². The molecule has 7 nitrogen and oxygen atoms in total. The number of methoxy groups -OCH3 is 1. The molecule has 1 unspecified atom stereocenters. The topological polar surface area (TPSA) is 99.1 Å². The highest BCUT2D eigenvalue weighted by molar-refractivity contribution is 5.94. The van der Waals surface area contributed by atoms with Gasteiger partial charge in [-0.15, -0.1) is 0 Å². The summed E-state index contributed by atoms with van der Waals surface area (Å²) in [5.41, 5.74) is -0.219. The first-order chi connectivity index (χ1) is 10.4. The lowest BCUT2D eigenvalue weighted by molar-refractivity contribution is -0.170. The van der Waals surface area contributed by atoms with Gasteiger partial charge >= 0.3 is 17.9 Å². The third-order valence-corrected chi connectivity index (χ3v) is 3.33. The largest absolute Gasteiger partial charge is 0.481 e. The number of rotatable bonds is 9. The van der Waals surface area contributed by atoms with Crippen molar-refractivity contribution in [2.24, 2.45) is 0 Å². The van der Waals surface area contributed by atoms with E-state index in [9.17, 15) is 14.4 Å². The summed E-state index contributed by atoms with van der Waals surface area (Å²) in [6.07, 6.45) is 2.00. The molecule has 1 aliphatic rings. The van der Waals surface area contributed by atoms with Crippen molar-refractivity contribution < 1.29 is 33.7 Å². The normalized spacial score (nSPS) is 16.0. The van der Waals surface area contributed by atoms with Crippen LogP contribution < -0.4 is 0 Å². The molecule has 0 aromatic heterocycles. The van der Waals surface area contributed by atoms with Crippen LogP contribution >= 0.6 is 0 Å². The van der Waals surface area contributed by atoms with Crippen molar-refractivity contribution in [3.8, 4) is 0 Å². The Labute approximate surface area is 129 Å². The van der Waals surface area contributed by atoms with Gasteiger partial charge in [-0.25, -0.2) is 9.59 Å². The third-order valence-electron chi connectivity index (χ3n) is 3.33. The van der Waals surface area contributed by atoms with E-state index in [1.165, 1.54) is 7.11 Å². The Morgan fingerprint density at radius 1 is 1.27 bits per heavy atom. The van der Waals surface area contributed by atoms with E-state index in [-0.39, 0.29) is 24.7 Å². The Bertz CT molecular complexity index is 424. The van der Waals surface area contributed by atoms with Gasteiger partial charge in [-0.05, 0) is 25.7 Å². The summed E-state index contributed by atoms with van der Waals surface area (Å²) < 4.78 is 15.2. The predicted octanol–water partition coefficient (Wildman–Crippen LogP) is 1.45. The average molecular weight is 314 g/mol. The minimum atomic E-state index is -1.19. The second-order valence-corrected chi connectivity index (χ2v) is 5.19.